The molecule has 8 heteroatoms. The second kappa shape index (κ2) is 6.29. The number of nitrogens with zero attached hydrogens (tertiary/aromatic N) is 2. The summed E-state index contributed by atoms with van der Waals surface area (Å²) in [6, 6.07) is -0.931. The molecule has 0 aromatic carbocycles. The van der Waals surface area contributed by atoms with Gasteiger partial charge in [0.25, 0.3) is 0 Å². The summed E-state index contributed by atoms with van der Waals surface area (Å²) in [6.07, 6.45) is -0.421. The lowest BCUT2D eigenvalue weighted by molar-refractivity contribution is 0.0381. The van der Waals surface area contributed by atoms with E-state index in [9.17, 15) is 9.90 Å². The van der Waals surface area contributed by atoms with Gasteiger partial charge in [-0.15, -0.1) is 0 Å². The van der Waals surface area contributed by atoms with E-state index in [-0.39, 0.29) is 18.4 Å². The highest BCUT2D eigenvalue weighted by atomic mass is 16.4. The number of hydrogen-bond acceptors (Lipinski definition) is 5. The Hall–Kier alpha value is -1.50. The zero-order valence-electron chi connectivity index (χ0n) is 9.28. The fraction of sp³-hybridized carbons (Fsp3) is 0.889. The highest BCUT2D eigenvalue weighted by molar-refractivity contribution is 5.64. The van der Waals surface area contributed by atoms with Crippen LogP contribution in [0.2, 0.25) is 0 Å². The maximum absolute atomic E-state index is 10.5. The summed E-state index contributed by atoms with van der Waals surface area (Å²) in [5.74, 6) is -0.00625. The molecule has 0 aromatic heterocycles. The van der Waals surface area contributed by atoms with E-state index in [0.29, 0.717) is 0 Å². The van der Waals surface area contributed by atoms with Gasteiger partial charge in [-0.05, 0) is 18.8 Å². The predicted octanol–water partition coefficient (Wildman–Crippen LogP) is -0.448. The van der Waals surface area contributed by atoms with E-state index in [1.54, 1.807) is 0 Å². The van der Waals surface area contributed by atoms with E-state index in [4.69, 9.17) is 15.7 Å². The standard InChI is InChI=1S/C9H16N4O4/c10-13-11-3-6(5-1-2-5)8(15)7(4-14)12-9(16)17/h5-8,10,12,14-15H,1-4H2/p+1/t6-,7-,8-/m1/s1. The number of hydrogen-bond donors (Lipinski definition) is 5. The van der Waals surface area contributed by atoms with Crippen LogP contribution >= 0.6 is 0 Å². The van der Waals surface area contributed by atoms with Crippen molar-refractivity contribution in [3.05, 3.63) is 0 Å². The highest BCUT2D eigenvalue weighted by Crippen LogP contribution is 2.39. The molecule has 8 nitrogen and oxygen atoms in total. The average Bonchev–Trinajstić information content (AvgIpc) is 3.10. The minimum absolute atomic E-state index is 0.174. The number of aliphatic hydroxyl groups is 2. The number of carboxylic acid groups (broad SMARTS) is 1. The highest BCUT2D eigenvalue weighted by Gasteiger charge is 2.40. The van der Waals surface area contributed by atoms with Gasteiger partial charge in [0.05, 0.1) is 18.8 Å². The van der Waals surface area contributed by atoms with E-state index in [1.165, 1.54) is 0 Å². The third-order valence-corrected chi connectivity index (χ3v) is 2.95. The van der Waals surface area contributed by atoms with E-state index >= 15 is 0 Å². The SMILES string of the molecule is N=[N+]=NC[C@H](C1CC1)[C@@H](O)[C@@H](CO)NC(=O)O. The Morgan fingerprint density at radius 1 is 1.59 bits per heavy atom. The molecular weight excluding hydrogens is 228 g/mol. The molecule has 0 spiro atoms. The fourth-order valence-electron chi connectivity index (χ4n) is 1.89. The second-order valence-corrected chi connectivity index (χ2v) is 4.15. The molecule has 1 rings (SSSR count). The third kappa shape index (κ3) is 4.10. The van der Waals surface area contributed by atoms with Crippen LogP contribution in [0.25, 0.3) is 0 Å². The smallest absolute Gasteiger partial charge is 0.405 e. The van der Waals surface area contributed by atoms with Gasteiger partial charge in [-0.3, -0.25) is 0 Å². The molecule has 1 aliphatic rings. The molecule has 17 heavy (non-hydrogen) atoms. The molecule has 1 saturated carbocycles. The normalized spacial score (nSPS) is 19.9. The van der Waals surface area contributed by atoms with Gasteiger partial charge in [-0.2, -0.15) is 0 Å². The van der Waals surface area contributed by atoms with Crippen molar-refractivity contribution in [3.63, 3.8) is 0 Å². The van der Waals surface area contributed by atoms with E-state index in [1.807, 2.05) is 0 Å². The molecule has 0 heterocycles. The van der Waals surface area contributed by atoms with Crippen LogP contribution in [-0.4, -0.2) is 46.7 Å². The molecule has 1 aliphatic carbocycles. The van der Waals surface area contributed by atoms with Crippen molar-refractivity contribution in [3.8, 4) is 0 Å². The molecule has 0 aliphatic heterocycles. The van der Waals surface area contributed by atoms with Crippen LogP contribution < -0.4 is 10.2 Å². The van der Waals surface area contributed by atoms with Crippen molar-refractivity contribution < 1.29 is 20.1 Å². The number of carbonyl (C=O) groups is 1. The zero-order chi connectivity index (χ0) is 12.8. The molecule has 96 valence electrons. The first-order valence-corrected chi connectivity index (χ1v) is 5.41. The lowest BCUT2D eigenvalue weighted by atomic mass is 9.92. The molecule has 5 N–H and O–H groups in total. The third-order valence-electron chi connectivity index (χ3n) is 2.95. The van der Waals surface area contributed by atoms with Gasteiger partial charge in [0.1, 0.15) is 17.2 Å². The Labute approximate surface area is 97.9 Å². The van der Waals surface area contributed by atoms with Gasteiger partial charge >= 0.3 is 6.09 Å². The fourth-order valence-corrected chi connectivity index (χ4v) is 1.89. The molecule has 0 radical (unpaired) electrons. The largest absolute Gasteiger partial charge is 0.465 e. The Balaban J connectivity index is 2.63. The van der Waals surface area contributed by atoms with Gasteiger partial charge in [-0.1, -0.05) is 0 Å². The van der Waals surface area contributed by atoms with Crippen molar-refractivity contribution in [2.24, 2.45) is 17.0 Å². The van der Waals surface area contributed by atoms with Crippen LogP contribution in [0.3, 0.4) is 0 Å². The van der Waals surface area contributed by atoms with Gasteiger partial charge in [-0.25, -0.2) is 4.79 Å². The first-order valence-electron chi connectivity index (χ1n) is 5.41. The van der Waals surface area contributed by atoms with Crippen molar-refractivity contribution in [2.45, 2.75) is 25.0 Å². The average molecular weight is 245 g/mol. The van der Waals surface area contributed by atoms with Crippen LogP contribution in [0.4, 0.5) is 4.79 Å². The molecule has 0 aromatic rings. The number of aliphatic hydroxyl groups excluding tert-OH is 2. The zero-order valence-corrected chi connectivity index (χ0v) is 9.28. The van der Waals surface area contributed by atoms with Crippen molar-refractivity contribution in [1.82, 2.24) is 10.2 Å². The van der Waals surface area contributed by atoms with Crippen LogP contribution in [0.1, 0.15) is 12.8 Å². The molecule has 3 atom stereocenters. The molecule has 0 unspecified atom stereocenters. The summed E-state index contributed by atoms with van der Waals surface area (Å²) >= 11 is 0. The molecule has 0 bridgehead atoms. The van der Waals surface area contributed by atoms with E-state index in [2.05, 4.69) is 15.3 Å². The number of nitrogens with one attached hydrogen (secondary N) is 2. The summed E-state index contributed by atoms with van der Waals surface area (Å²) in [6.45, 7) is -0.304. The Morgan fingerprint density at radius 3 is 2.65 bits per heavy atom. The summed E-state index contributed by atoms with van der Waals surface area (Å²) in [5, 5.41) is 33.2. The Morgan fingerprint density at radius 2 is 2.24 bits per heavy atom. The minimum atomic E-state index is -1.29. The van der Waals surface area contributed by atoms with Gasteiger partial charge in [0.15, 0.2) is 0 Å². The summed E-state index contributed by atoms with van der Waals surface area (Å²) in [4.78, 5) is 13.4. The van der Waals surface area contributed by atoms with Crippen LogP contribution in [0.15, 0.2) is 5.11 Å². The Bertz CT molecular complexity index is 314. The summed E-state index contributed by atoms with van der Waals surface area (Å²) in [7, 11) is 0. The quantitative estimate of drug-likeness (QED) is 0.306. The summed E-state index contributed by atoms with van der Waals surface area (Å²) in [5.41, 5.74) is 6.58. The lowest BCUT2D eigenvalue weighted by Gasteiger charge is -2.26. The molecule has 0 saturated heterocycles. The molecule has 1 amide bonds. The minimum Gasteiger partial charge on any atom is -0.465 e. The second-order valence-electron chi connectivity index (χ2n) is 4.15. The predicted molar refractivity (Wildman–Crippen MR) is 56.4 cm³/mol. The monoisotopic (exact) mass is 245 g/mol. The number of amides is 1. The van der Waals surface area contributed by atoms with Crippen LogP contribution in [0.5, 0.6) is 0 Å². The van der Waals surface area contributed by atoms with Gasteiger partial charge in [0.2, 0.25) is 4.91 Å². The number of rotatable bonds is 7. The lowest BCUT2D eigenvalue weighted by Crippen LogP contribution is -2.49. The van der Waals surface area contributed by atoms with Gasteiger partial charge < -0.3 is 20.6 Å². The van der Waals surface area contributed by atoms with Gasteiger partial charge in [0, 0.05) is 5.92 Å². The topological polar surface area (TPSA) is 140 Å². The molecule has 1 fully saturated rings. The Kier molecular flexibility index (Phi) is 5.02. The maximum Gasteiger partial charge on any atom is 0.405 e. The first-order chi connectivity index (χ1) is 8.10. The molecular formula is C9H17N4O4+. The van der Waals surface area contributed by atoms with Crippen LogP contribution in [0, 0.1) is 17.4 Å². The van der Waals surface area contributed by atoms with E-state index in [0.717, 1.165) is 12.8 Å². The van der Waals surface area contributed by atoms with Crippen molar-refractivity contribution in [1.29, 1.82) is 5.53 Å². The van der Waals surface area contributed by atoms with Crippen LogP contribution in [-0.2, 0) is 0 Å². The van der Waals surface area contributed by atoms with E-state index < -0.39 is 24.8 Å². The summed E-state index contributed by atoms with van der Waals surface area (Å²) < 4.78 is 0. The van der Waals surface area contributed by atoms with Crippen molar-refractivity contribution >= 4 is 6.09 Å². The first kappa shape index (κ1) is 13.6. The maximum atomic E-state index is 10.5. The van der Waals surface area contributed by atoms with Crippen molar-refractivity contribution in [2.75, 3.05) is 13.2 Å².